The van der Waals surface area contributed by atoms with E-state index in [2.05, 4.69) is 12.2 Å². The van der Waals surface area contributed by atoms with Gasteiger partial charge in [0.1, 0.15) is 5.60 Å². The molecule has 2 aliphatic rings. The zero-order valence-electron chi connectivity index (χ0n) is 17.6. The zero-order chi connectivity index (χ0) is 21.2. The van der Waals surface area contributed by atoms with Crippen LogP contribution >= 0.6 is 11.6 Å². The highest BCUT2D eigenvalue weighted by Gasteiger charge is 2.32. The first-order valence-electron chi connectivity index (χ1n) is 9.76. The number of hydrogen-bond acceptors (Lipinski definition) is 6. The van der Waals surface area contributed by atoms with E-state index in [-0.39, 0.29) is 18.4 Å². The first kappa shape index (κ1) is 21.6. The summed E-state index contributed by atoms with van der Waals surface area (Å²) in [6.45, 7) is 8.71. The minimum Gasteiger partial charge on any atom is -0.444 e. The number of aliphatic imine (C=N–C) groups is 1. The predicted octanol–water partition coefficient (Wildman–Crippen LogP) is 4.12. The fourth-order valence-electron chi connectivity index (χ4n) is 3.29. The van der Waals surface area contributed by atoms with Crippen molar-refractivity contribution in [3.05, 3.63) is 46.6 Å². The molecule has 0 saturated carbocycles. The van der Waals surface area contributed by atoms with Crippen molar-refractivity contribution in [1.29, 1.82) is 0 Å². The number of carbonyl (C=O) groups is 1. The van der Waals surface area contributed by atoms with Crippen LogP contribution in [0.3, 0.4) is 0 Å². The van der Waals surface area contributed by atoms with Crippen LogP contribution < -0.4 is 5.32 Å². The summed E-state index contributed by atoms with van der Waals surface area (Å²) in [4.78, 5) is 24.5. The van der Waals surface area contributed by atoms with E-state index in [1.807, 2.05) is 51.2 Å². The highest BCUT2D eigenvalue weighted by molar-refractivity contribution is 6.30. The molecule has 1 N–H and O–H groups in total. The third kappa shape index (κ3) is 5.50. The van der Waals surface area contributed by atoms with Crippen molar-refractivity contribution in [2.24, 2.45) is 4.99 Å². The predicted molar refractivity (Wildman–Crippen MR) is 114 cm³/mol. The molecule has 1 fully saturated rings. The maximum absolute atomic E-state index is 12.4. The van der Waals surface area contributed by atoms with E-state index in [0.29, 0.717) is 24.5 Å². The van der Waals surface area contributed by atoms with E-state index >= 15 is 0 Å². The van der Waals surface area contributed by atoms with Gasteiger partial charge in [0.2, 0.25) is 0 Å². The SMILES string of the molecule is CON1C=C2CN(C(=O)OC(C)(C)C)CCC2=N[C@@H]1NC(C)c1ccc(Cl)cc1. The minimum atomic E-state index is -0.516. The number of hydroxylamine groups is 2. The average Bonchev–Trinajstić information content (AvgIpc) is 2.66. The molecule has 1 amide bonds. The molecular weight excluding hydrogens is 392 g/mol. The fraction of sp³-hybridized carbons (Fsp3) is 0.524. The molecule has 7 nitrogen and oxygen atoms in total. The monoisotopic (exact) mass is 420 g/mol. The van der Waals surface area contributed by atoms with Crippen LogP contribution in [-0.4, -0.2) is 53.9 Å². The summed E-state index contributed by atoms with van der Waals surface area (Å²) in [5.41, 5.74) is 2.54. The van der Waals surface area contributed by atoms with Crippen LogP contribution in [0.5, 0.6) is 0 Å². The number of nitrogens with zero attached hydrogens (tertiary/aromatic N) is 3. The quantitative estimate of drug-likeness (QED) is 0.793. The third-order valence-corrected chi connectivity index (χ3v) is 5.04. The number of ether oxygens (including phenoxy) is 1. The molecule has 2 atom stereocenters. The number of nitrogens with one attached hydrogen (secondary N) is 1. The van der Waals surface area contributed by atoms with Gasteiger partial charge in [-0.3, -0.25) is 10.2 Å². The van der Waals surface area contributed by atoms with Gasteiger partial charge in [-0.05, 0) is 45.4 Å². The van der Waals surface area contributed by atoms with Crippen molar-refractivity contribution < 1.29 is 14.4 Å². The first-order valence-corrected chi connectivity index (χ1v) is 10.1. The van der Waals surface area contributed by atoms with E-state index in [4.69, 9.17) is 26.2 Å². The molecular formula is C21H29ClN4O3. The van der Waals surface area contributed by atoms with E-state index in [9.17, 15) is 4.79 Å². The van der Waals surface area contributed by atoms with Crippen LogP contribution in [0.15, 0.2) is 41.0 Å². The normalized spacial score (nSPS) is 20.6. The van der Waals surface area contributed by atoms with E-state index in [0.717, 1.165) is 16.8 Å². The molecule has 1 aromatic carbocycles. The van der Waals surface area contributed by atoms with Crippen LogP contribution in [0.2, 0.25) is 5.02 Å². The number of piperidine rings is 1. The Morgan fingerprint density at radius 1 is 1.31 bits per heavy atom. The number of fused-ring (bicyclic) bond motifs is 1. The molecule has 1 aromatic rings. The van der Waals surface area contributed by atoms with Gasteiger partial charge in [0, 0.05) is 41.5 Å². The Bertz CT molecular complexity index is 801. The third-order valence-electron chi connectivity index (χ3n) is 4.78. The maximum Gasteiger partial charge on any atom is 0.410 e. The Labute approximate surface area is 177 Å². The van der Waals surface area contributed by atoms with Gasteiger partial charge in [0.15, 0.2) is 6.29 Å². The Morgan fingerprint density at radius 2 is 2.00 bits per heavy atom. The molecule has 8 heteroatoms. The lowest BCUT2D eigenvalue weighted by atomic mass is 10.0. The van der Waals surface area contributed by atoms with Gasteiger partial charge < -0.3 is 9.64 Å². The summed E-state index contributed by atoms with van der Waals surface area (Å²) in [6, 6.07) is 7.79. The van der Waals surface area contributed by atoms with Gasteiger partial charge in [-0.25, -0.2) is 14.9 Å². The molecule has 0 spiro atoms. The standard InChI is InChI=1S/C21H29ClN4O3/c1-14(15-6-8-17(22)9-7-15)23-19-24-18-10-11-25(20(27)29-21(2,3)4)12-16(18)13-26(19)28-5/h6-9,13-14,19,23H,10-12H2,1-5H3/t14?,19-/m0/s1. The molecule has 0 radical (unpaired) electrons. The van der Waals surface area contributed by atoms with Crippen LogP contribution in [0.25, 0.3) is 0 Å². The van der Waals surface area contributed by atoms with Gasteiger partial charge in [-0.1, -0.05) is 23.7 Å². The van der Waals surface area contributed by atoms with Crippen LogP contribution in [0.1, 0.15) is 45.7 Å². The number of carbonyl (C=O) groups excluding carboxylic acids is 1. The molecule has 0 aromatic heterocycles. The second-order valence-corrected chi connectivity index (χ2v) is 8.67. The second kappa shape index (κ2) is 8.73. The lowest BCUT2D eigenvalue weighted by Crippen LogP contribution is -2.49. The topological polar surface area (TPSA) is 66.4 Å². The molecule has 1 saturated heterocycles. The fourth-order valence-corrected chi connectivity index (χ4v) is 3.41. The maximum atomic E-state index is 12.4. The van der Waals surface area contributed by atoms with Gasteiger partial charge in [0.25, 0.3) is 0 Å². The van der Waals surface area contributed by atoms with E-state index < -0.39 is 5.60 Å². The van der Waals surface area contributed by atoms with E-state index in [1.165, 1.54) is 0 Å². The second-order valence-electron chi connectivity index (χ2n) is 8.24. The molecule has 3 rings (SSSR count). The van der Waals surface area contributed by atoms with Gasteiger partial charge in [-0.15, -0.1) is 0 Å². The van der Waals surface area contributed by atoms with Crippen LogP contribution in [-0.2, 0) is 9.57 Å². The summed E-state index contributed by atoms with van der Waals surface area (Å²) in [7, 11) is 1.60. The molecule has 2 aliphatic heterocycles. The van der Waals surface area contributed by atoms with Crippen molar-refractivity contribution in [1.82, 2.24) is 15.3 Å². The van der Waals surface area contributed by atoms with Crippen molar-refractivity contribution in [3.8, 4) is 0 Å². The highest BCUT2D eigenvalue weighted by atomic mass is 35.5. The number of likely N-dealkylation sites (tertiary alicyclic amines) is 1. The number of amides is 1. The molecule has 1 unspecified atom stereocenters. The largest absolute Gasteiger partial charge is 0.444 e. The van der Waals surface area contributed by atoms with Crippen LogP contribution in [0, 0.1) is 0 Å². The Balaban J connectivity index is 1.69. The molecule has 0 aliphatic carbocycles. The average molecular weight is 421 g/mol. The first-order chi connectivity index (χ1) is 13.7. The Morgan fingerprint density at radius 3 is 2.62 bits per heavy atom. The molecule has 29 heavy (non-hydrogen) atoms. The van der Waals surface area contributed by atoms with Crippen LogP contribution in [0.4, 0.5) is 4.79 Å². The minimum absolute atomic E-state index is 0.0519. The van der Waals surface area contributed by atoms with Gasteiger partial charge in [0.05, 0.1) is 13.7 Å². The van der Waals surface area contributed by atoms with Gasteiger partial charge in [-0.2, -0.15) is 0 Å². The zero-order valence-corrected chi connectivity index (χ0v) is 18.4. The number of halogens is 1. The summed E-state index contributed by atoms with van der Waals surface area (Å²) >= 11 is 5.98. The van der Waals surface area contributed by atoms with Gasteiger partial charge >= 0.3 is 6.09 Å². The summed E-state index contributed by atoms with van der Waals surface area (Å²) in [6.07, 6.45) is 1.93. The summed E-state index contributed by atoms with van der Waals surface area (Å²) in [5, 5.41) is 5.85. The van der Waals surface area contributed by atoms with E-state index in [1.54, 1.807) is 17.1 Å². The summed E-state index contributed by atoms with van der Waals surface area (Å²) in [5.74, 6) is 0. The Hall–Kier alpha value is -2.09. The lowest BCUT2D eigenvalue weighted by molar-refractivity contribution is -0.130. The van der Waals surface area contributed by atoms with Crippen molar-refractivity contribution >= 4 is 23.4 Å². The molecule has 158 valence electrons. The lowest BCUT2D eigenvalue weighted by Gasteiger charge is -2.38. The number of hydrogen-bond donors (Lipinski definition) is 1. The number of benzene rings is 1. The smallest absolute Gasteiger partial charge is 0.410 e. The number of rotatable bonds is 4. The molecule has 0 bridgehead atoms. The van der Waals surface area contributed by atoms with Crippen molar-refractivity contribution in [3.63, 3.8) is 0 Å². The summed E-state index contributed by atoms with van der Waals surface area (Å²) < 4.78 is 5.49. The van der Waals surface area contributed by atoms with Crippen molar-refractivity contribution in [2.75, 3.05) is 20.2 Å². The highest BCUT2D eigenvalue weighted by Crippen LogP contribution is 2.24. The molecule has 2 heterocycles. The van der Waals surface area contributed by atoms with Crippen molar-refractivity contribution in [2.45, 2.75) is 52.0 Å². The Kier molecular flexibility index (Phi) is 6.51.